The van der Waals surface area contributed by atoms with E-state index in [0.29, 0.717) is 5.29 Å². The van der Waals surface area contributed by atoms with E-state index in [-0.39, 0.29) is 6.17 Å². The van der Waals surface area contributed by atoms with E-state index in [1.807, 2.05) is 51.1 Å². The van der Waals surface area contributed by atoms with Crippen LogP contribution in [0.4, 0.5) is 10.5 Å². The van der Waals surface area contributed by atoms with Gasteiger partial charge in [-0.15, -0.1) is 0 Å². The minimum Gasteiger partial charge on any atom is -0.442 e. The lowest BCUT2D eigenvalue weighted by atomic mass is 10.1. The van der Waals surface area contributed by atoms with Crippen LogP contribution in [0.3, 0.4) is 0 Å². The molecular formula is C18H20ClN5O2. The third-order valence-corrected chi connectivity index (χ3v) is 3.64. The van der Waals surface area contributed by atoms with E-state index < -0.39 is 11.7 Å². The van der Waals surface area contributed by atoms with Gasteiger partial charge in [-0.25, -0.2) is 9.79 Å². The first-order valence-electron chi connectivity index (χ1n) is 8.12. The Balaban J connectivity index is 1.68. The Morgan fingerprint density at radius 3 is 2.65 bits per heavy atom. The standard InChI is InChI=1S/C18H20ClN5O2/c1-18(2,3)26-17(25)24-11-13(10-21-24)12-4-6-14(7-5-12)22-15-8-9-20-16(19)23-15/h4-11,15,22H,1-3H3,(H,20,23). The number of ether oxygens (including phenoxy) is 1. The molecule has 0 fully saturated rings. The van der Waals surface area contributed by atoms with Crippen molar-refractivity contribution in [1.29, 1.82) is 0 Å². The summed E-state index contributed by atoms with van der Waals surface area (Å²) in [7, 11) is 0. The number of nitrogens with zero attached hydrogens (tertiary/aromatic N) is 3. The number of rotatable bonds is 3. The maximum Gasteiger partial charge on any atom is 0.435 e. The normalized spacial score (nSPS) is 16.6. The highest BCUT2D eigenvalue weighted by atomic mass is 35.5. The Morgan fingerprint density at radius 1 is 1.27 bits per heavy atom. The first-order valence-corrected chi connectivity index (χ1v) is 8.49. The van der Waals surface area contributed by atoms with Crippen molar-refractivity contribution >= 4 is 28.7 Å². The molecule has 0 radical (unpaired) electrons. The van der Waals surface area contributed by atoms with Crippen molar-refractivity contribution in [3.8, 4) is 11.1 Å². The number of halogens is 1. The van der Waals surface area contributed by atoms with E-state index in [1.54, 1.807) is 18.6 Å². The quantitative estimate of drug-likeness (QED) is 0.800. The number of amidine groups is 1. The molecule has 1 aliphatic heterocycles. The highest BCUT2D eigenvalue weighted by Crippen LogP contribution is 2.22. The molecular weight excluding hydrogens is 354 g/mol. The summed E-state index contributed by atoms with van der Waals surface area (Å²) in [5, 5.41) is 10.5. The van der Waals surface area contributed by atoms with Crippen LogP contribution in [0.15, 0.2) is 53.9 Å². The maximum atomic E-state index is 12.0. The fraction of sp³-hybridized carbons (Fsp3) is 0.278. The van der Waals surface area contributed by atoms with Gasteiger partial charge in [0, 0.05) is 23.6 Å². The van der Waals surface area contributed by atoms with Crippen molar-refractivity contribution in [2.75, 3.05) is 5.32 Å². The van der Waals surface area contributed by atoms with E-state index in [9.17, 15) is 4.79 Å². The van der Waals surface area contributed by atoms with E-state index in [4.69, 9.17) is 16.3 Å². The molecule has 0 aliphatic carbocycles. The second-order valence-corrected chi connectivity index (χ2v) is 7.10. The Labute approximate surface area is 156 Å². The number of anilines is 1. The van der Waals surface area contributed by atoms with E-state index in [0.717, 1.165) is 16.8 Å². The van der Waals surface area contributed by atoms with Crippen LogP contribution in [0.5, 0.6) is 0 Å². The predicted octanol–water partition coefficient (Wildman–Crippen LogP) is 3.78. The topological polar surface area (TPSA) is 80.5 Å². The van der Waals surface area contributed by atoms with Gasteiger partial charge in [0.25, 0.3) is 0 Å². The summed E-state index contributed by atoms with van der Waals surface area (Å²) in [6, 6.07) is 7.74. The molecule has 0 amide bonds. The summed E-state index contributed by atoms with van der Waals surface area (Å²) >= 11 is 5.85. The molecule has 0 spiro atoms. The number of aliphatic imine (C=N–C) groups is 1. The van der Waals surface area contributed by atoms with Crippen LogP contribution in [0.2, 0.25) is 0 Å². The lowest BCUT2D eigenvalue weighted by Crippen LogP contribution is -2.27. The molecule has 1 atom stereocenters. The zero-order valence-corrected chi connectivity index (χ0v) is 15.5. The molecule has 2 N–H and O–H groups in total. The molecule has 0 bridgehead atoms. The minimum atomic E-state index is -0.565. The number of hydrogen-bond acceptors (Lipinski definition) is 6. The largest absolute Gasteiger partial charge is 0.442 e. The summed E-state index contributed by atoms with van der Waals surface area (Å²) in [5.74, 6) is 0. The van der Waals surface area contributed by atoms with Gasteiger partial charge in [0.2, 0.25) is 0 Å². The van der Waals surface area contributed by atoms with Crippen LogP contribution in [-0.4, -0.2) is 32.9 Å². The van der Waals surface area contributed by atoms with E-state index >= 15 is 0 Å². The van der Waals surface area contributed by atoms with Crippen LogP contribution in [0.25, 0.3) is 11.1 Å². The van der Waals surface area contributed by atoms with Gasteiger partial charge in [-0.3, -0.25) is 0 Å². The van der Waals surface area contributed by atoms with Crippen molar-refractivity contribution in [2.45, 2.75) is 32.5 Å². The summed E-state index contributed by atoms with van der Waals surface area (Å²) in [6.07, 6.45) is 6.16. The number of nitrogens with one attached hydrogen (secondary N) is 2. The summed E-state index contributed by atoms with van der Waals surface area (Å²) in [4.78, 5) is 16.3. The van der Waals surface area contributed by atoms with Crippen molar-refractivity contribution in [1.82, 2.24) is 15.1 Å². The average molecular weight is 374 g/mol. The Bertz CT molecular complexity index is 849. The van der Waals surface area contributed by atoms with E-state index in [1.165, 1.54) is 4.68 Å². The van der Waals surface area contributed by atoms with Crippen molar-refractivity contribution in [3.63, 3.8) is 0 Å². The number of benzene rings is 1. The van der Waals surface area contributed by atoms with Crippen LogP contribution < -0.4 is 10.6 Å². The summed E-state index contributed by atoms with van der Waals surface area (Å²) < 4.78 is 6.50. The Morgan fingerprint density at radius 2 is 2.00 bits per heavy atom. The molecule has 136 valence electrons. The Kier molecular flexibility index (Phi) is 4.99. The molecule has 2 heterocycles. The average Bonchev–Trinajstić information content (AvgIpc) is 3.04. The van der Waals surface area contributed by atoms with Crippen LogP contribution >= 0.6 is 11.6 Å². The molecule has 3 rings (SSSR count). The lowest BCUT2D eigenvalue weighted by molar-refractivity contribution is 0.0514. The van der Waals surface area contributed by atoms with Gasteiger partial charge in [-0.05, 0) is 56.1 Å². The van der Waals surface area contributed by atoms with Crippen molar-refractivity contribution in [3.05, 3.63) is 48.9 Å². The van der Waals surface area contributed by atoms with Crippen LogP contribution in [0, 0.1) is 0 Å². The molecule has 1 aromatic carbocycles. The molecule has 0 saturated heterocycles. The molecule has 1 aliphatic rings. The number of carbonyl (C=O) groups excluding carboxylic acids is 1. The third kappa shape index (κ3) is 4.64. The first-order chi connectivity index (χ1) is 12.3. The second-order valence-electron chi connectivity index (χ2n) is 6.74. The monoisotopic (exact) mass is 373 g/mol. The number of carbonyl (C=O) groups is 1. The van der Waals surface area contributed by atoms with Crippen LogP contribution in [-0.2, 0) is 4.74 Å². The fourth-order valence-corrected chi connectivity index (χ4v) is 2.47. The highest BCUT2D eigenvalue weighted by molar-refractivity contribution is 6.64. The van der Waals surface area contributed by atoms with E-state index in [2.05, 4.69) is 20.7 Å². The SMILES string of the molecule is CC(C)(C)OC(=O)n1cc(-c2ccc(NC3C=CNC(Cl)=N3)cc2)cn1. The molecule has 1 unspecified atom stereocenters. The van der Waals surface area contributed by atoms with Gasteiger partial charge >= 0.3 is 6.09 Å². The van der Waals surface area contributed by atoms with Gasteiger partial charge in [-0.2, -0.15) is 9.78 Å². The zero-order valence-electron chi connectivity index (χ0n) is 14.7. The molecule has 0 saturated carbocycles. The molecule has 1 aromatic heterocycles. The smallest absolute Gasteiger partial charge is 0.435 e. The van der Waals surface area contributed by atoms with Crippen molar-refractivity contribution < 1.29 is 9.53 Å². The summed E-state index contributed by atoms with van der Waals surface area (Å²) in [5.41, 5.74) is 2.10. The van der Waals surface area contributed by atoms with Crippen molar-refractivity contribution in [2.24, 2.45) is 4.99 Å². The molecule has 26 heavy (non-hydrogen) atoms. The third-order valence-electron chi connectivity index (χ3n) is 3.43. The highest BCUT2D eigenvalue weighted by Gasteiger charge is 2.18. The van der Waals surface area contributed by atoms with Gasteiger partial charge in [0.05, 0.1) is 6.20 Å². The molecule has 2 aromatic rings. The lowest BCUT2D eigenvalue weighted by Gasteiger charge is -2.18. The number of aromatic nitrogens is 2. The van der Waals surface area contributed by atoms with Gasteiger partial charge < -0.3 is 15.4 Å². The summed E-state index contributed by atoms with van der Waals surface area (Å²) in [6.45, 7) is 5.45. The second kappa shape index (κ2) is 7.21. The zero-order chi connectivity index (χ0) is 18.7. The van der Waals surface area contributed by atoms with Gasteiger partial charge in [-0.1, -0.05) is 12.1 Å². The number of hydrogen-bond donors (Lipinski definition) is 2. The van der Waals surface area contributed by atoms with Gasteiger partial charge in [0.1, 0.15) is 11.8 Å². The fourth-order valence-electron chi connectivity index (χ4n) is 2.30. The predicted molar refractivity (Wildman–Crippen MR) is 102 cm³/mol. The first kappa shape index (κ1) is 18.0. The van der Waals surface area contributed by atoms with Gasteiger partial charge in [0.15, 0.2) is 5.29 Å². The van der Waals surface area contributed by atoms with Crippen LogP contribution in [0.1, 0.15) is 20.8 Å². The molecule has 8 heteroatoms. The maximum absolute atomic E-state index is 12.0. The minimum absolute atomic E-state index is 0.218. The Hall–Kier alpha value is -2.80. The molecule has 7 nitrogen and oxygen atoms in total.